The van der Waals surface area contributed by atoms with Crippen LogP contribution in [0.4, 0.5) is 0 Å². The van der Waals surface area contributed by atoms with Gasteiger partial charge < -0.3 is 0 Å². The first-order chi connectivity index (χ1) is 12.4. The third-order valence-electron chi connectivity index (χ3n) is 5.39. The minimum atomic E-state index is 0.401. The van der Waals surface area contributed by atoms with Gasteiger partial charge in [0.05, 0.1) is 6.04 Å². The summed E-state index contributed by atoms with van der Waals surface area (Å²) in [6, 6.07) is 23.1. The Morgan fingerprint density at radius 1 is 0.720 bits per heavy atom. The summed E-state index contributed by atoms with van der Waals surface area (Å²) in [7, 11) is 0. The molecule has 0 radical (unpaired) electrons. The van der Waals surface area contributed by atoms with Crippen LogP contribution in [0.3, 0.4) is 0 Å². The van der Waals surface area contributed by atoms with Crippen LogP contribution < -0.4 is 0 Å². The molecule has 0 unspecified atom stereocenters. The largest absolute Gasteiger partial charge is 0.298 e. The normalized spacial score (nSPS) is 19.2. The summed E-state index contributed by atoms with van der Waals surface area (Å²) in [5.74, 6) is 0. The van der Waals surface area contributed by atoms with E-state index in [-0.39, 0.29) is 0 Å². The van der Waals surface area contributed by atoms with Gasteiger partial charge in [0, 0.05) is 19.1 Å². The van der Waals surface area contributed by atoms with Gasteiger partial charge in [0.2, 0.25) is 0 Å². The molecule has 2 fully saturated rings. The van der Waals surface area contributed by atoms with Gasteiger partial charge in [0.1, 0.15) is 0 Å². The number of likely N-dealkylation sites (tertiary alicyclic amines) is 2. The van der Waals surface area contributed by atoms with E-state index in [0.717, 1.165) is 6.04 Å². The van der Waals surface area contributed by atoms with Gasteiger partial charge in [0.15, 0.2) is 0 Å². The molecular weight excluding hydrogens is 304 g/mol. The van der Waals surface area contributed by atoms with Crippen LogP contribution in [0, 0.1) is 0 Å². The molecule has 134 valence electrons. The van der Waals surface area contributed by atoms with Crippen LogP contribution in [-0.4, -0.2) is 42.0 Å². The SMILES string of the molecule is CC.c1ccc(C(c2ccccc2)N2CC(N3CCCCC3)C2)cc1. The van der Waals surface area contributed by atoms with E-state index >= 15 is 0 Å². The number of nitrogens with zero attached hydrogens (tertiary/aromatic N) is 2. The summed E-state index contributed by atoms with van der Waals surface area (Å²) in [6.45, 7) is 9.02. The fraction of sp³-hybridized carbons (Fsp3) is 0.478. The van der Waals surface area contributed by atoms with Gasteiger partial charge in [-0.1, -0.05) is 80.9 Å². The van der Waals surface area contributed by atoms with Crippen molar-refractivity contribution in [2.75, 3.05) is 26.2 Å². The van der Waals surface area contributed by atoms with Crippen LogP contribution in [0.15, 0.2) is 60.7 Å². The van der Waals surface area contributed by atoms with E-state index in [0.29, 0.717) is 6.04 Å². The molecule has 2 saturated heterocycles. The van der Waals surface area contributed by atoms with Crippen molar-refractivity contribution < 1.29 is 0 Å². The number of rotatable bonds is 4. The first-order valence-electron chi connectivity index (χ1n) is 10.00. The molecule has 0 aromatic heterocycles. The highest BCUT2D eigenvalue weighted by Gasteiger charge is 2.37. The Morgan fingerprint density at radius 2 is 1.20 bits per heavy atom. The standard InChI is InChI=1S/C21H26N2.C2H6/c1-4-10-18(11-5-1)21(19-12-6-2-7-13-19)23-16-20(17-23)22-14-8-3-9-15-22;1-2/h1-2,4-7,10-13,20-21H,3,8-9,14-17H2;1-2H3. The predicted molar refractivity (Wildman–Crippen MR) is 107 cm³/mol. The van der Waals surface area contributed by atoms with Crippen LogP contribution in [0.1, 0.15) is 50.3 Å². The van der Waals surface area contributed by atoms with Crippen LogP contribution >= 0.6 is 0 Å². The molecule has 0 saturated carbocycles. The third kappa shape index (κ3) is 4.31. The monoisotopic (exact) mass is 336 g/mol. The highest BCUT2D eigenvalue weighted by molar-refractivity contribution is 5.32. The summed E-state index contributed by atoms with van der Waals surface area (Å²) in [5, 5.41) is 0. The van der Waals surface area contributed by atoms with Gasteiger partial charge in [-0.2, -0.15) is 0 Å². The van der Waals surface area contributed by atoms with E-state index in [9.17, 15) is 0 Å². The fourth-order valence-corrected chi connectivity index (χ4v) is 4.10. The van der Waals surface area contributed by atoms with Crippen molar-refractivity contribution >= 4 is 0 Å². The first-order valence-corrected chi connectivity index (χ1v) is 10.00. The number of piperidine rings is 1. The Kier molecular flexibility index (Phi) is 6.66. The van der Waals surface area contributed by atoms with Gasteiger partial charge in [-0.25, -0.2) is 0 Å². The van der Waals surface area contributed by atoms with Crippen molar-refractivity contribution in [2.45, 2.75) is 45.2 Å². The topological polar surface area (TPSA) is 6.48 Å². The van der Waals surface area contributed by atoms with E-state index < -0.39 is 0 Å². The maximum Gasteiger partial charge on any atom is 0.0602 e. The molecule has 0 N–H and O–H groups in total. The van der Waals surface area contributed by atoms with Crippen LogP contribution in [0.25, 0.3) is 0 Å². The number of hydrogen-bond acceptors (Lipinski definition) is 2. The Labute approximate surface area is 153 Å². The van der Waals surface area contributed by atoms with Gasteiger partial charge >= 0.3 is 0 Å². The summed E-state index contributed by atoms with van der Waals surface area (Å²) >= 11 is 0. The van der Waals surface area contributed by atoms with Gasteiger partial charge in [-0.05, 0) is 37.1 Å². The minimum absolute atomic E-state index is 0.401. The quantitative estimate of drug-likeness (QED) is 0.777. The molecule has 0 amide bonds. The van der Waals surface area contributed by atoms with Gasteiger partial charge in [-0.3, -0.25) is 9.80 Å². The maximum atomic E-state index is 2.72. The zero-order valence-electron chi connectivity index (χ0n) is 15.8. The molecule has 2 heterocycles. The van der Waals surface area contributed by atoms with Crippen LogP contribution in [-0.2, 0) is 0 Å². The Hall–Kier alpha value is -1.64. The molecule has 2 aliphatic rings. The lowest BCUT2D eigenvalue weighted by atomic mass is 9.92. The molecule has 25 heavy (non-hydrogen) atoms. The molecule has 4 rings (SSSR count). The summed E-state index contributed by atoms with van der Waals surface area (Å²) in [4.78, 5) is 5.36. The zero-order chi connectivity index (χ0) is 17.5. The molecule has 2 nitrogen and oxygen atoms in total. The zero-order valence-corrected chi connectivity index (χ0v) is 15.8. The minimum Gasteiger partial charge on any atom is -0.298 e. The van der Waals surface area contributed by atoms with E-state index in [1.807, 2.05) is 13.8 Å². The summed E-state index contributed by atoms with van der Waals surface area (Å²) < 4.78 is 0. The molecule has 0 bridgehead atoms. The molecular formula is C23H32N2. The van der Waals surface area contributed by atoms with Crippen molar-refractivity contribution in [3.63, 3.8) is 0 Å². The first kappa shape index (κ1) is 18.2. The molecule has 0 atom stereocenters. The fourth-order valence-electron chi connectivity index (χ4n) is 4.10. The van der Waals surface area contributed by atoms with Crippen molar-refractivity contribution in [3.8, 4) is 0 Å². The van der Waals surface area contributed by atoms with E-state index in [2.05, 4.69) is 70.5 Å². The van der Waals surface area contributed by atoms with Crippen molar-refractivity contribution in [1.29, 1.82) is 0 Å². The third-order valence-corrected chi connectivity index (χ3v) is 5.39. The van der Waals surface area contributed by atoms with Gasteiger partial charge in [-0.15, -0.1) is 0 Å². The average molecular weight is 337 g/mol. The lowest BCUT2D eigenvalue weighted by Crippen LogP contribution is -2.61. The van der Waals surface area contributed by atoms with Crippen molar-refractivity contribution in [1.82, 2.24) is 9.80 Å². The van der Waals surface area contributed by atoms with Crippen molar-refractivity contribution in [3.05, 3.63) is 71.8 Å². The van der Waals surface area contributed by atoms with E-state index in [1.165, 1.54) is 56.6 Å². The second kappa shape index (κ2) is 9.17. The molecule has 2 heteroatoms. The maximum absolute atomic E-state index is 2.72. The second-order valence-corrected chi connectivity index (χ2v) is 6.93. The lowest BCUT2D eigenvalue weighted by Gasteiger charge is -2.50. The molecule has 0 aliphatic carbocycles. The van der Waals surface area contributed by atoms with Gasteiger partial charge in [0.25, 0.3) is 0 Å². The van der Waals surface area contributed by atoms with Crippen molar-refractivity contribution in [2.24, 2.45) is 0 Å². The van der Waals surface area contributed by atoms with Crippen LogP contribution in [0.5, 0.6) is 0 Å². The molecule has 2 aliphatic heterocycles. The highest BCUT2D eigenvalue weighted by atomic mass is 15.3. The Morgan fingerprint density at radius 3 is 1.68 bits per heavy atom. The number of hydrogen-bond donors (Lipinski definition) is 0. The number of benzene rings is 2. The smallest absolute Gasteiger partial charge is 0.0602 e. The van der Waals surface area contributed by atoms with E-state index in [4.69, 9.17) is 0 Å². The molecule has 0 spiro atoms. The summed E-state index contributed by atoms with van der Waals surface area (Å²) in [5.41, 5.74) is 2.83. The Balaban J connectivity index is 0.000000880. The molecule has 2 aromatic carbocycles. The molecule has 2 aromatic rings. The second-order valence-electron chi connectivity index (χ2n) is 6.93. The highest BCUT2D eigenvalue weighted by Crippen LogP contribution is 2.34. The lowest BCUT2D eigenvalue weighted by molar-refractivity contribution is 0.00546. The Bertz CT molecular complexity index is 559. The van der Waals surface area contributed by atoms with Crippen LogP contribution in [0.2, 0.25) is 0 Å². The van der Waals surface area contributed by atoms with E-state index in [1.54, 1.807) is 0 Å². The average Bonchev–Trinajstić information content (AvgIpc) is 2.68. The summed E-state index contributed by atoms with van der Waals surface area (Å²) in [6.07, 6.45) is 4.19. The predicted octanol–water partition coefficient (Wildman–Crippen LogP) is 4.97.